The molecule has 70 heavy (non-hydrogen) atoms. The number of pyridine rings is 1. The molecule has 3 fully saturated rings. The number of amides is 3. The number of methoxy groups -OCH3 is 1. The van der Waals surface area contributed by atoms with Gasteiger partial charge in [-0.2, -0.15) is 0 Å². The molecule has 4 aliphatic rings. The Labute approximate surface area is 411 Å². The first-order valence-electron chi connectivity index (χ1n) is 24.7. The maximum atomic E-state index is 14.8. The molecule has 2 aromatic heterocycles. The second kappa shape index (κ2) is 20.4. The number of aromatic nitrogens is 2. The minimum atomic E-state index is -3.49. The summed E-state index contributed by atoms with van der Waals surface area (Å²) in [6.45, 7) is 13.8. The van der Waals surface area contributed by atoms with Crippen molar-refractivity contribution in [3.63, 3.8) is 0 Å². The van der Waals surface area contributed by atoms with Crippen LogP contribution in [0.2, 0.25) is 0 Å². The molecule has 3 N–H and O–H groups in total. The maximum absolute atomic E-state index is 14.8. The van der Waals surface area contributed by atoms with Crippen molar-refractivity contribution in [3.8, 4) is 28.1 Å². The Hall–Kier alpha value is -5.40. The van der Waals surface area contributed by atoms with Gasteiger partial charge in [0, 0.05) is 87.3 Å². The van der Waals surface area contributed by atoms with Gasteiger partial charge in [-0.25, -0.2) is 18.1 Å². The fourth-order valence-corrected chi connectivity index (χ4v) is 12.7. The van der Waals surface area contributed by atoms with Gasteiger partial charge in [0.25, 0.3) is 5.91 Å². The van der Waals surface area contributed by atoms with E-state index in [0.717, 1.165) is 39.0 Å². The first-order valence-corrected chi connectivity index (χ1v) is 26.2. The normalized spacial score (nSPS) is 23.4. The van der Waals surface area contributed by atoms with E-state index in [1.807, 2.05) is 39.0 Å². The summed E-state index contributed by atoms with van der Waals surface area (Å²) in [5.41, 5.74) is 9.47. The number of esters is 1. The van der Waals surface area contributed by atoms with E-state index in [4.69, 9.17) is 14.5 Å². The van der Waals surface area contributed by atoms with Crippen molar-refractivity contribution in [1.82, 2.24) is 39.4 Å². The molecule has 18 heteroatoms. The Kier molecular flexibility index (Phi) is 14.8. The van der Waals surface area contributed by atoms with Gasteiger partial charge in [-0.1, -0.05) is 39.8 Å². The van der Waals surface area contributed by atoms with Gasteiger partial charge < -0.3 is 29.4 Å². The average molecular weight is 983 g/mol. The van der Waals surface area contributed by atoms with Crippen LogP contribution in [0.5, 0.6) is 5.75 Å². The van der Waals surface area contributed by atoms with Gasteiger partial charge >= 0.3 is 5.97 Å². The molecule has 4 aromatic rings. The topological polar surface area (TPSA) is 196 Å². The van der Waals surface area contributed by atoms with Crippen molar-refractivity contribution in [3.05, 3.63) is 71.5 Å². The number of fused-ring (bicyclic) bond motifs is 6. The highest BCUT2D eigenvalue weighted by molar-refractivity contribution is 7.90. The highest BCUT2D eigenvalue weighted by Gasteiger charge is 2.47. The van der Waals surface area contributed by atoms with Crippen LogP contribution in [0.1, 0.15) is 90.2 Å². The molecule has 1 unspecified atom stereocenters. The number of rotatable bonds is 11. The third kappa shape index (κ3) is 10.3. The third-order valence-electron chi connectivity index (χ3n) is 14.7. The molecule has 4 aliphatic heterocycles. The standard InChI is InChI=1S/C52H70N8O9S/c1-10-59-43-16-15-35-27-39(43)40(47(59)38-13-11-19-53-45(38)32(4)68-9)28-52(5,6)30-69-51(65)41-14-12-20-60(55-41)50(64)42(25-33-23-36(35)26-37(61)24-33)54-48(62)46(31(2)3)57(8)49(63)34-17-21-58(22-18-34)70(66,67)44-29-56(44)7/h11,13,15-16,19,23-24,26-27,31-32,34,41-42,44,46,55,61H,10,12,14,17-18,20-22,25,28-30H2,1-9H3,(H,54,62)/t32-,41-,42-,44-,46-,56?/m0/s1. The van der Waals surface area contributed by atoms with Crippen LogP contribution in [0.3, 0.4) is 0 Å². The monoisotopic (exact) mass is 982 g/mol. The van der Waals surface area contributed by atoms with Gasteiger partial charge in [0.2, 0.25) is 21.8 Å². The van der Waals surface area contributed by atoms with Crippen LogP contribution in [0.25, 0.3) is 33.3 Å². The van der Waals surface area contributed by atoms with Gasteiger partial charge in [-0.15, -0.1) is 0 Å². The molecule has 6 bridgehead atoms. The summed E-state index contributed by atoms with van der Waals surface area (Å²) in [5, 5.41) is 16.2. The molecule has 17 nitrogen and oxygen atoms in total. The molecule has 2 aromatic carbocycles. The predicted octanol–water partition coefficient (Wildman–Crippen LogP) is 5.25. The third-order valence-corrected chi connectivity index (χ3v) is 16.9. The number of hydrogen-bond donors (Lipinski definition) is 3. The first-order chi connectivity index (χ1) is 33.2. The summed E-state index contributed by atoms with van der Waals surface area (Å²) in [4.78, 5) is 65.5. The van der Waals surface area contributed by atoms with Gasteiger partial charge in [-0.3, -0.25) is 34.1 Å². The van der Waals surface area contributed by atoms with E-state index in [0.29, 0.717) is 56.3 Å². The lowest BCUT2D eigenvalue weighted by Gasteiger charge is -2.38. The number of aromatic hydroxyl groups is 1. The summed E-state index contributed by atoms with van der Waals surface area (Å²) in [6, 6.07) is 12.4. The van der Waals surface area contributed by atoms with Crippen LogP contribution in [0.15, 0.2) is 54.7 Å². The summed E-state index contributed by atoms with van der Waals surface area (Å²) in [7, 11) is 1.53. The Morgan fingerprint density at radius 1 is 1.04 bits per heavy atom. The SMILES string of the molecule is CCn1c(-c2cccnc2[C@H](C)OC)c2c3cc(ccc31)-c1cc(O)cc(c1)C[C@H](NC(=O)[C@H](C(C)C)N(C)C(=O)C1CCN(S(=O)(=O)[C@H]3CN3C)CC1)C(=O)N1CCC[C@H](N1)C(=O)OCC(C)(C)C2. The zero-order chi connectivity index (χ0) is 50.4. The quantitative estimate of drug-likeness (QED) is 0.131. The Morgan fingerprint density at radius 3 is 2.44 bits per heavy atom. The summed E-state index contributed by atoms with van der Waals surface area (Å²) in [5.74, 6) is -2.65. The van der Waals surface area contributed by atoms with Crippen molar-refractivity contribution >= 4 is 44.6 Å². The van der Waals surface area contributed by atoms with Gasteiger partial charge in [0.05, 0.1) is 24.1 Å². The lowest BCUT2D eigenvalue weighted by Crippen LogP contribution is -2.62. The Balaban J connectivity index is 1.15. The molecule has 6 atom stereocenters. The van der Waals surface area contributed by atoms with Gasteiger partial charge in [-0.05, 0) is 118 Å². The number of phenols is 1. The fourth-order valence-electron chi connectivity index (χ4n) is 10.7. The maximum Gasteiger partial charge on any atom is 0.324 e. The molecule has 0 aliphatic carbocycles. The number of hydrogen-bond acceptors (Lipinski definition) is 12. The average Bonchev–Trinajstić information content (AvgIpc) is 4.02. The smallest absolute Gasteiger partial charge is 0.324 e. The minimum absolute atomic E-state index is 0.0199. The largest absolute Gasteiger partial charge is 0.508 e. The number of ether oxygens (including phenoxy) is 2. The Bertz CT molecular complexity index is 2750. The van der Waals surface area contributed by atoms with Crippen molar-refractivity contribution in [2.24, 2.45) is 17.3 Å². The van der Waals surface area contributed by atoms with Crippen molar-refractivity contribution < 1.29 is 42.2 Å². The summed E-state index contributed by atoms with van der Waals surface area (Å²) >= 11 is 0. The van der Waals surface area contributed by atoms with Gasteiger partial charge in [0.1, 0.15) is 29.2 Å². The van der Waals surface area contributed by atoms with Crippen molar-refractivity contribution in [1.29, 1.82) is 0 Å². The number of hydrazine groups is 1. The van der Waals surface area contributed by atoms with Crippen molar-refractivity contribution in [2.45, 2.75) is 116 Å². The second-order valence-electron chi connectivity index (χ2n) is 20.8. The van der Waals surface area contributed by atoms with Gasteiger partial charge in [0.15, 0.2) is 0 Å². The number of cyclic esters (lactones) is 1. The van der Waals surface area contributed by atoms with E-state index >= 15 is 0 Å². The number of benzene rings is 2. The molecule has 0 saturated carbocycles. The zero-order valence-corrected chi connectivity index (χ0v) is 42.8. The van der Waals surface area contributed by atoms with E-state index in [2.05, 4.69) is 54.3 Å². The Morgan fingerprint density at radius 2 is 1.77 bits per heavy atom. The number of carbonyl (C=O) groups excluding carboxylic acids is 4. The second-order valence-corrected chi connectivity index (χ2v) is 22.9. The number of likely N-dealkylation sites (N-methyl/N-ethyl adjacent to an activating group) is 2. The number of sulfonamides is 1. The number of nitrogens with zero attached hydrogens (tertiary/aromatic N) is 6. The van der Waals surface area contributed by atoms with Crippen molar-refractivity contribution in [2.75, 3.05) is 54.0 Å². The van der Waals surface area contributed by atoms with Crippen LogP contribution in [0.4, 0.5) is 0 Å². The number of nitrogens with one attached hydrogen (secondary N) is 2. The number of aryl methyl sites for hydroxylation is 1. The highest BCUT2D eigenvalue weighted by atomic mass is 32.2. The number of carbonyl (C=O) groups is 4. The first kappa shape index (κ1) is 51.0. The van der Waals surface area contributed by atoms with E-state index in [1.54, 1.807) is 44.4 Å². The van der Waals surface area contributed by atoms with E-state index in [9.17, 15) is 32.7 Å². The molecule has 378 valence electrons. The molecule has 8 rings (SSSR count). The number of piperidine rings is 1. The zero-order valence-electron chi connectivity index (χ0n) is 42.0. The molecule has 3 amide bonds. The fraction of sp³-hybridized carbons (Fsp3) is 0.558. The number of phenolic OH excluding ortho intramolecular Hbond substituents is 1. The van der Waals surface area contributed by atoms with E-state index in [1.165, 1.54) is 14.2 Å². The molecule has 0 radical (unpaired) electrons. The van der Waals surface area contributed by atoms with Crippen LogP contribution in [0, 0.1) is 17.3 Å². The lowest BCUT2D eigenvalue weighted by atomic mass is 9.84. The van der Waals surface area contributed by atoms with E-state index in [-0.39, 0.29) is 56.3 Å². The molecular formula is C52H70N8O9S. The summed E-state index contributed by atoms with van der Waals surface area (Å²) < 4.78 is 41.9. The van der Waals surface area contributed by atoms with Crippen LogP contribution in [-0.4, -0.2) is 143 Å². The molecule has 3 saturated heterocycles. The molecular weight excluding hydrogens is 913 g/mol. The van der Waals surface area contributed by atoms with Crippen LogP contribution < -0.4 is 10.7 Å². The lowest BCUT2D eigenvalue weighted by molar-refractivity contribution is -0.155. The molecule has 0 spiro atoms. The summed E-state index contributed by atoms with van der Waals surface area (Å²) in [6.07, 6.45) is 3.57. The highest BCUT2D eigenvalue weighted by Crippen LogP contribution is 2.42. The predicted molar refractivity (Wildman–Crippen MR) is 266 cm³/mol. The molecule has 6 heterocycles. The van der Waals surface area contributed by atoms with E-state index < -0.39 is 62.6 Å². The van der Waals surface area contributed by atoms with Crippen LogP contribution >= 0.6 is 0 Å². The minimum Gasteiger partial charge on any atom is -0.508 e. The van der Waals surface area contributed by atoms with Crippen LogP contribution in [-0.2, 0) is 58.1 Å².